The summed E-state index contributed by atoms with van der Waals surface area (Å²) in [7, 11) is 0. The van der Waals surface area contributed by atoms with Gasteiger partial charge in [0, 0.05) is 31.5 Å². The van der Waals surface area contributed by atoms with Crippen LogP contribution in [0, 0.1) is 0 Å². The van der Waals surface area contributed by atoms with Crippen LogP contribution in [0.2, 0.25) is 0 Å². The van der Waals surface area contributed by atoms with Crippen molar-refractivity contribution < 1.29 is 23.5 Å². The number of carbonyl (C=O) groups is 3. The van der Waals surface area contributed by atoms with E-state index in [0.29, 0.717) is 43.6 Å². The van der Waals surface area contributed by atoms with Gasteiger partial charge in [0.15, 0.2) is 5.88 Å². The van der Waals surface area contributed by atoms with Crippen molar-refractivity contribution in [2.24, 2.45) is 0 Å². The van der Waals surface area contributed by atoms with Crippen molar-refractivity contribution >= 4 is 35.5 Å². The minimum absolute atomic E-state index is 0.186. The summed E-state index contributed by atoms with van der Waals surface area (Å²) in [6, 6.07) is 5.66. The number of amides is 4. The lowest BCUT2D eigenvalue weighted by molar-refractivity contribution is -0.122. The number of rotatable bonds is 3. The van der Waals surface area contributed by atoms with Crippen molar-refractivity contribution in [2.75, 3.05) is 36.1 Å². The first kappa shape index (κ1) is 17.0. The van der Waals surface area contributed by atoms with Gasteiger partial charge in [0.25, 0.3) is 11.8 Å². The summed E-state index contributed by atoms with van der Waals surface area (Å²) in [4.78, 5) is 43.8. The van der Waals surface area contributed by atoms with Gasteiger partial charge in [-0.3, -0.25) is 19.9 Å². The molecule has 2 fully saturated rings. The van der Waals surface area contributed by atoms with Crippen LogP contribution in [0.1, 0.15) is 5.76 Å². The second kappa shape index (κ2) is 7.04. The molecule has 2 aliphatic rings. The summed E-state index contributed by atoms with van der Waals surface area (Å²) >= 11 is 0. The first-order valence-corrected chi connectivity index (χ1v) is 8.37. The van der Waals surface area contributed by atoms with Crippen LogP contribution in [-0.2, 0) is 14.3 Å². The fourth-order valence-electron chi connectivity index (χ4n) is 2.90. The standard InChI is InChI=1S/C18H16N4O5/c23-16-14(11-13-1-2-15(27-13)21-7-9-26-10-8-21)17(24)22(18(25)20-16)12-3-5-19-6-4-12/h1-6,11H,7-10H2,(H,20,23,25)/b14-11+. The van der Waals surface area contributed by atoms with Crippen molar-refractivity contribution in [3.05, 3.63) is 48.0 Å². The Hall–Kier alpha value is -3.46. The second-order valence-corrected chi connectivity index (χ2v) is 5.94. The number of morpholine rings is 1. The fourth-order valence-corrected chi connectivity index (χ4v) is 2.90. The smallest absolute Gasteiger partial charge is 0.335 e. The van der Waals surface area contributed by atoms with E-state index in [1.807, 2.05) is 4.90 Å². The van der Waals surface area contributed by atoms with Crippen molar-refractivity contribution in [1.82, 2.24) is 10.3 Å². The lowest BCUT2D eigenvalue weighted by Crippen LogP contribution is -2.54. The highest BCUT2D eigenvalue weighted by atomic mass is 16.5. The van der Waals surface area contributed by atoms with Crippen LogP contribution in [0.5, 0.6) is 0 Å². The molecule has 2 aromatic rings. The van der Waals surface area contributed by atoms with Gasteiger partial charge in [0.1, 0.15) is 11.3 Å². The monoisotopic (exact) mass is 368 g/mol. The van der Waals surface area contributed by atoms with Crippen molar-refractivity contribution in [3.8, 4) is 0 Å². The number of furan rings is 1. The number of barbiturate groups is 1. The third kappa shape index (κ3) is 3.32. The van der Waals surface area contributed by atoms with Gasteiger partial charge in [-0.25, -0.2) is 9.69 Å². The zero-order chi connectivity index (χ0) is 18.8. The number of nitrogens with zero attached hydrogens (tertiary/aromatic N) is 3. The van der Waals surface area contributed by atoms with Crippen LogP contribution in [0.25, 0.3) is 6.08 Å². The average Bonchev–Trinajstić information content (AvgIpc) is 3.15. The number of aromatic nitrogens is 1. The Kier molecular flexibility index (Phi) is 4.43. The molecule has 2 saturated heterocycles. The zero-order valence-corrected chi connectivity index (χ0v) is 14.3. The van der Waals surface area contributed by atoms with Gasteiger partial charge in [0.05, 0.1) is 18.9 Å². The predicted octanol–water partition coefficient (Wildman–Crippen LogP) is 1.18. The Labute approximate surface area is 154 Å². The Morgan fingerprint density at radius 3 is 2.52 bits per heavy atom. The molecule has 27 heavy (non-hydrogen) atoms. The third-order valence-electron chi connectivity index (χ3n) is 4.24. The molecule has 4 heterocycles. The number of carbonyl (C=O) groups excluding carboxylic acids is 3. The summed E-state index contributed by atoms with van der Waals surface area (Å²) in [5, 5.41) is 2.17. The molecule has 0 spiro atoms. The molecule has 2 aromatic heterocycles. The van der Waals surface area contributed by atoms with Crippen molar-refractivity contribution in [3.63, 3.8) is 0 Å². The predicted molar refractivity (Wildman–Crippen MR) is 95.0 cm³/mol. The van der Waals surface area contributed by atoms with Crippen LogP contribution in [0.3, 0.4) is 0 Å². The number of anilines is 2. The SMILES string of the molecule is O=C1NC(=O)N(c2ccncc2)C(=O)/C1=C/c1ccc(N2CCOCC2)o1. The van der Waals surface area contributed by atoms with Crippen LogP contribution in [-0.4, -0.2) is 49.1 Å². The summed E-state index contributed by atoms with van der Waals surface area (Å²) in [6.07, 6.45) is 4.25. The molecule has 0 radical (unpaired) electrons. The highest BCUT2D eigenvalue weighted by Crippen LogP contribution is 2.24. The molecule has 0 atom stereocenters. The number of hydrogen-bond donors (Lipinski definition) is 1. The fraction of sp³-hybridized carbons (Fsp3) is 0.222. The maximum absolute atomic E-state index is 12.7. The molecule has 2 aliphatic heterocycles. The topological polar surface area (TPSA) is 105 Å². The van der Waals surface area contributed by atoms with E-state index in [1.54, 1.807) is 12.1 Å². The Morgan fingerprint density at radius 1 is 1.04 bits per heavy atom. The van der Waals surface area contributed by atoms with E-state index in [2.05, 4.69) is 10.3 Å². The van der Waals surface area contributed by atoms with Gasteiger partial charge in [-0.05, 0) is 24.3 Å². The van der Waals surface area contributed by atoms with Gasteiger partial charge >= 0.3 is 6.03 Å². The van der Waals surface area contributed by atoms with E-state index >= 15 is 0 Å². The summed E-state index contributed by atoms with van der Waals surface area (Å²) < 4.78 is 11.0. The molecule has 1 N–H and O–H groups in total. The Balaban J connectivity index is 1.62. The molecule has 0 aliphatic carbocycles. The molecule has 0 aromatic carbocycles. The molecular formula is C18H16N4O5. The van der Waals surface area contributed by atoms with E-state index in [1.165, 1.54) is 30.6 Å². The van der Waals surface area contributed by atoms with Gasteiger partial charge in [-0.15, -0.1) is 0 Å². The van der Waals surface area contributed by atoms with Crippen LogP contribution < -0.4 is 15.1 Å². The Morgan fingerprint density at radius 2 is 1.78 bits per heavy atom. The van der Waals surface area contributed by atoms with E-state index in [4.69, 9.17) is 9.15 Å². The van der Waals surface area contributed by atoms with Crippen molar-refractivity contribution in [2.45, 2.75) is 0 Å². The number of imide groups is 2. The maximum atomic E-state index is 12.7. The van der Waals surface area contributed by atoms with E-state index in [9.17, 15) is 14.4 Å². The quantitative estimate of drug-likeness (QED) is 0.641. The maximum Gasteiger partial charge on any atom is 0.335 e. The van der Waals surface area contributed by atoms with Crippen LogP contribution in [0.4, 0.5) is 16.4 Å². The highest BCUT2D eigenvalue weighted by molar-refractivity contribution is 6.39. The first-order valence-electron chi connectivity index (χ1n) is 8.37. The van der Waals surface area contributed by atoms with Gasteiger partial charge < -0.3 is 14.1 Å². The van der Waals surface area contributed by atoms with Gasteiger partial charge in [-0.1, -0.05) is 0 Å². The summed E-state index contributed by atoms with van der Waals surface area (Å²) in [5.74, 6) is -0.506. The lowest BCUT2D eigenvalue weighted by Gasteiger charge is -2.26. The van der Waals surface area contributed by atoms with E-state index in [-0.39, 0.29) is 5.57 Å². The second-order valence-electron chi connectivity index (χ2n) is 5.94. The van der Waals surface area contributed by atoms with Gasteiger partial charge in [-0.2, -0.15) is 0 Å². The third-order valence-corrected chi connectivity index (χ3v) is 4.24. The molecular weight excluding hydrogens is 352 g/mol. The molecule has 0 unspecified atom stereocenters. The van der Waals surface area contributed by atoms with E-state index < -0.39 is 17.8 Å². The number of urea groups is 1. The summed E-state index contributed by atoms with van der Waals surface area (Å²) in [5.41, 5.74) is 0.133. The zero-order valence-electron chi connectivity index (χ0n) is 14.3. The lowest BCUT2D eigenvalue weighted by atomic mass is 10.1. The number of pyridine rings is 1. The summed E-state index contributed by atoms with van der Waals surface area (Å²) in [6.45, 7) is 2.63. The molecule has 9 heteroatoms. The number of nitrogens with one attached hydrogen (secondary N) is 1. The first-order chi connectivity index (χ1) is 13.1. The van der Waals surface area contributed by atoms with Crippen LogP contribution >= 0.6 is 0 Å². The molecule has 0 saturated carbocycles. The average molecular weight is 368 g/mol. The minimum atomic E-state index is -0.804. The van der Waals surface area contributed by atoms with Crippen LogP contribution in [0.15, 0.2) is 46.6 Å². The largest absolute Gasteiger partial charge is 0.441 e. The highest BCUT2D eigenvalue weighted by Gasteiger charge is 2.37. The molecule has 4 amide bonds. The Bertz CT molecular complexity index is 915. The van der Waals surface area contributed by atoms with E-state index in [0.717, 1.165) is 4.90 Å². The molecule has 138 valence electrons. The normalized spacial score (nSPS) is 19.6. The minimum Gasteiger partial charge on any atom is -0.441 e. The molecule has 9 nitrogen and oxygen atoms in total. The number of ether oxygens (including phenoxy) is 1. The molecule has 0 bridgehead atoms. The van der Waals surface area contributed by atoms with Crippen molar-refractivity contribution in [1.29, 1.82) is 0 Å². The molecule has 4 rings (SSSR count). The number of hydrogen-bond acceptors (Lipinski definition) is 7. The van der Waals surface area contributed by atoms with Gasteiger partial charge in [0.2, 0.25) is 0 Å².